The Morgan fingerprint density at radius 2 is 1.96 bits per heavy atom. The standard InChI is InChI=1S/C21H29N3O2/c1-21(2,3)20-23-17(14-25-4)12-18(24-20)22-13-16-10-11-26-19(16)15-8-6-5-7-9-15/h5-9,12,16,19H,10-11,13-14H2,1-4H3,(H,22,23,24). The molecule has 2 unspecified atom stereocenters. The van der Waals surface area contributed by atoms with E-state index in [2.05, 4.69) is 55.3 Å². The van der Waals surface area contributed by atoms with Gasteiger partial charge in [-0.15, -0.1) is 0 Å². The molecule has 1 aliphatic rings. The maximum Gasteiger partial charge on any atom is 0.136 e. The molecule has 1 aliphatic heterocycles. The first-order valence-electron chi connectivity index (χ1n) is 9.25. The summed E-state index contributed by atoms with van der Waals surface area (Å²) < 4.78 is 11.3. The quantitative estimate of drug-likeness (QED) is 0.845. The van der Waals surface area contributed by atoms with Crippen molar-refractivity contribution in [2.24, 2.45) is 5.92 Å². The highest BCUT2D eigenvalue weighted by atomic mass is 16.5. The Morgan fingerprint density at radius 1 is 1.19 bits per heavy atom. The molecular formula is C21H29N3O2. The van der Waals surface area contributed by atoms with Crippen LogP contribution >= 0.6 is 0 Å². The lowest BCUT2D eigenvalue weighted by atomic mass is 9.95. The third-order valence-electron chi connectivity index (χ3n) is 4.63. The van der Waals surface area contributed by atoms with Crippen LogP contribution in [0.15, 0.2) is 36.4 Å². The summed E-state index contributed by atoms with van der Waals surface area (Å²) in [5.41, 5.74) is 2.04. The van der Waals surface area contributed by atoms with E-state index in [1.807, 2.05) is 12.1 Å². The van der Waals surface area contributed by atoms with Gasteiger partial charge in [0.2, 0.25) is 0 Å². The lowest BCUT2D eigenvalue weighted by Crippen LogP contribution is -2.21. The molecule has 0 saturated carbocycles. The van der Waals surface area contributed by atoms with Gasteiger partial charge in [-0.3, -0.25) is 0 Å². The van der Waals surface area contributed by atoms with Gasteiger partial charge in [-0.25, -0.2) is 9.97 Å². The van der Waals surface area contributed by atoms with Gasteiger partial charge >= 0.3 is 0 Å². The minimum atomic E-state index is -0.108. The van der Waals surface area contributed by atoms with Gasteiger partial charge < -0.3 is 14.8 Å². The smallest absolute Gasteiger partial charge is 0.136 e. The van der Waals surface area contributed by atoms with Gasteiger partial charge in [0.05, 0.1) is 18.4 Å². The molecule has 0 aliphatic carbocycles. The van der Waals surface area contributed by atoms with Crippen molar-refractivity contribution in [1.29, 1.82) is 0 Å². The van der Waals surface area contributed by atoms with Crippen LogP contribution in [0.4, 0.5) is 5.82 Å². The van der Waals surface area contributed by atoms with Crippen LogP contribution in [0.3, 0.4) is 0 Å². The van der Waals surface area contributed by atoms with Crippen LogP contribution < -0.4 is 5.32 Å². The van der Waals surface area contributed by atoms with Gasteiger partial charge in [0, 0.05) is 37.7 Å². The Hall–Kier alpha value is -1.98. The number of ether oxygens (including phenoxy) is 2. The van der Waals surface area contributed by atoms with Crippen molar-refractivity contribution >= 4 is 5.82 Å². The molecule has 1 saturated heterocycles. The molecule has 140 valence electrons. The zero-order valence-electron chi connectivity index (χ0n) is 16.2. The molecule has 3 rings (SSSR count). The summed E-state index contributed by atoms with van der Waals surface area (Å²) in [6, 6.07) is 12.4. The summed E-state index contributed by atoms with van der Waals surface area (Å²) >= 11 is 0. The van der Waals surface area contributed by atoms with Crippen molar-refractivity contribution in [2.75, 3.05) is 25.6 Å². The molecule has 2 heterocycles. The second-order valence-corrected chi connectivity index (χ2v) is 7.88. The molecule has 0 radical (unpaired) electrons. The second kappa shape index (κ2) is 8.14. The first-order valence-corrected chi connectivity index (χ1v) is 9.25. The molecule has 2 aromatic rings. The Bertz CT molecular complexity index is 713. The fourth-order valence-corrected chi connectivity index (χ4v) is 3.23. The number of hydrogen-bond acceptors (Lipinski definition) is 5. The Labute approximate surface area is 156 Å². The first kappa shape index (κ1) is 18.8. The average molecular weight is 355 g/mol. The van der Waals surface area contributed by atoms with E-state index in [9.17, 15) is 0 Å². The Morgan fingerprint density at radius 3 is 2.65 bits per heavy atom. The SMILES string of the molecule is COCc1cc(NCC2CCOC2c2ccccc2)nc(C(C)(C)C)n1. The van der Waals surface area contributed by atoms with Gasteiger partial charge in [-0.2, -0.15) is 0 Å². The largest absolute Gasteiger partial charge is 0.378 e. The lowest BCUT2D eigenvalue weighted by molar-refractivity contribution is 0.0933. The molecule has 1 aromatic carbocycles. The summed E-state index contributed by atoms with van der Waals surface area (Å²) in [7, 11) is 1.69. The van der Waals surface area contributed by atoms with E-state index >= 15 is 0 Å². The summed E-state index contributed by atoms with van der Waals surface area (Å²) in [6.07, 6.45) is 1.19. The fourth-order valence-electron chi connectivity index (χ4n) is 3.23. The number of aromatic nitrogens is 2. The zero-order valence-corrected chi connectivity index (χ0v) is 16.2. The number of nitrogens with one attached hydrogen (secondary N) is 1. The van der Waals surface area contributed by atoms with E-state index in [4.69, 9.17) is 14.5 Å². The van der Waals surface area contributed by atoms with E-state index in [0.717, 1.165) is 36.9 Å². The van der Waals surface area contributed by atoms with Gasteiger partial charge in [0.1, 0.15) is 11.6 Å². The number of methoxy groups -OCH3 is 1. The van der Waals surface area contributed by atoms with Crippen LogP contribution in [0, 0.1) is 5.92 Å². The predicted molar refractivity (Wildman–Crippen MR) is 103 cm³/mol. The molecule has 1 fully saturated rings. The van der Waals surface area contributed by atoms with Gasteiger partial charge in [0.15, 0.2) is 0 Å². The van der Waals surface area contributed by atoms with Crippen LogP contribution in [0.2, 0.25) is 0 Å². The van der Waals surface area contributed by atoms with E-state index in [-0.39, 0.29) is 11.5 Å². The minimum absolute atomic E-state index is 0.108. The maximum atomic E-state index is 5.99. The van der Waals surface area contributed by atoms with Crippen LogP contribution in [-0.2, 0) is 21.5 Å². The van der Waals surface area contributed by atoms with Crippen LogP contribution in [0.1, 0.15) is 50.4 Å². The third-order valence-corrected chi connectivity index (χ3v) is 4.63. The maximum absolute atomic E-state index is 5.99. The highest BCUT2D eigenvalue weighted by molar-refractivity contribution is 5.37. The van der Waals surface area contributed by atoms with Gasteiger partial charge in [0.25, 0.3) is 0 Å². The normalized spacial score (nSPS) is 20.3. The molecule has 1 N–H and O–H groups in total. The predicted octanol–water partition coefficient (Wildman–Crippen LogP) is 4.11. The number of anilines is 1. The van der Waals surface area contributed by atoms with Crippen LogP contribution in [0.5, 0.6) is 0 Å². The molecule has 2 atom stereocenters. The van der Waals surface area contributed by atoms with Crippen molar-refractivity contribution in [1.82, 2.24) is 9.97 Å². The molecule has 0 bridgehead atoms. The number of benzene rings is 1. The molecular weight excluding hydrogens is 326 g/mol. The second-order valence-electron chi connectivity index (χ2n) is 7.88. The van der Waals surface area contributed by atoms with Crippen molar-refractivity contribution in [3.05, 3.63) is 53.5 Å². The monoisotopic (exact) mass is 355 g/mol. The van der Waals surface area contributed by atoms with E-state index in [1.54, 1.807) is 7.11 Å². The Kier molecular flexibility index (Phi) is 5.89. The number of rotatable bonds is 6. The third kappa shape index (κ3) is 4.59. The van der Waals surface area contributed by atoms with Crippen molar-refractivity contribution in [3.63, 3.8) is 0 Å². The molecule has 5 heteroatoms. The highest BCUT2D eigenvalue weighted by Crippen LogP contribution is 2.34. The number of hydrogen-bond donors (Lipinski definition) is 1. The van der Waals surface area contributed by atoms with E-state index < -0.39 is 0 Å². The van der Waals surface area contributed by atoms with Crippen LogP contribution in [0.25, 0.3) is 0 Å². The molecule has 26 heavy (non-hydrogen) atoms. The van der Waals surface area contributed by atoms with Crippen molar-refractivity contribution in [3.8, 4) is 0 Å². The molecule has 0 spiro atoms. The van der Waals surface area contributed by atoms with Crippen molar-refractivity contribution < 1.29 is 9.47 Å². The van der Waals surface area contributed by atoms with Gasteiger partial charge in [-0.1, -0.05) is 51.1 Å². The average Bonchev–Trinajstić information content (AvgIpc) is 3.09. The minimum Gasteiger partial charge on any atom is -0.378 e. The molecule has 0 amide bonds. The summed E-state index contributed by atoms with van der Waals surface area (Å²) in [5, 5.41) is 3.51. The summed E-state index contributed by atoms with van der Waals surface area (Å²) in [4.78, 5) is 9.36. The lowest BCUT2D eigenvalue weighted by Gasteiger charge is -2.21. The first-order chi connectivity index (χ1) is 12.5. The zero-order chi connectivity index (χ0) is 18.6. The molecule has 5 nitrogen and oxygen atoms in total. The molecule has 1 aromatic heterocycles. The topological polar surface area (TPSA) is 56.3 Å². The highest BCUT2D eigenvalue weighted by Gasteiger charge is 2.29. The van der Waals surface area contributed by atoms with Crippen molar-refractivity contribution in [2.45, 2.75) is 45.3 Å². The number of nitrogens with zero attached hydrogens (tertiary/aromatic N) is 2. The summed E-state index contributed by atoms with van der Waals surface area (Å²) in [5.74, 6) is 2.11. The van der Waals surface area contributed by atoms with E-state index in [0.29, 0.717) is 12.5 Å². The van der Waals surface area contributed by atoms with Gasteiger partial charge in [-0.05, 0) is 12.0 Å². The Balaban J connectivity index is 1.73. The van der Waals surface area contributed by atoms with E-state index in [1.165, 1.54) is 5.56 Å². The fraction of sp³-hybridized carbons (Fsp3) is 0.524. The summed E-state index contributed by atoms with van der Waals surface area (Å²) in [6.45, 7) is 8.49. The van der Waals surface area contributed by atoms with Crippen LogP contribution in [-0.4, -0.2) is 30.2 Å².